The molecule has 4 N–H and O–H groups in total. The summed E-state index contributed by atoms with van der Waals surface area (Å²) in [7, 11) is 0. The Labute approximate surface area is 162 Å². The highest BCUT2D eigenvalue weighted by Crippen LogP contribution is 2.37. The van der Waals surface area contributed by atoms with Crippen LogP contribution in [-0.4, -0.2) is 46.0 Å². The molecule has 1 aromatic carbocycles. The number of anilines is 2. The molecule has 27 heavy (non-hydrogen) atoms. The van der Waals surface area contributed by atoms with E-state index < -0.39 is 11.5 Å². The van der Waals surface area contributed by atoms with E-state index in [1.54, 1.807) is 12.1 Å². The van der Waals surface area contributed by atoms with Gasteiger partial charge in [-0.05, 0) is 37.1 Å². The summed E-state index contributed by atoms with van der Waals surface area (Å²) in [5.74, 6) is 0.548. The van der Waals surface area contributed by atoms with Gasteiger partial charge < -0.3 is 20.8 Å². The summed E-state index contributed by atoms with van der Waals surface area (Å²) in [5, 5.41) is 21.1. The van der Waals surface area contributed by atoms with Crippen molar-refractivity contribution in [1.82, 2.24) is 9.97 Å². The van der Waals surface area contributed by atoms with Crippen LogP contribution in [0.1, 0.15) is 26.2 Å². The second kappa shape index (κ2) is 8.41. The SMILES string of the molecule is CCC[C@]1(CO)CN(c2cc(Sc3ccc(F)cc3)nc(N)n2)CC[C@@H]1O. The fraction of sp³-hybridized carbons (Fsp3) is 0.474. The maximum atomic E-state index is 13.1. The van der Waals surface area contributed by atoms with Gasteiger partial charge in [-0.1, -0.05) is 25.1 Å². The average molecular weight is 393 g/mol. The molecule has 1 aromatic heterocycles. The lowest BCUT2D eigenvalue weighted by Crippen LogP contribution is -2.54. The summed E-state index contributed by atoms with van der Waals surface area (Å²) < 4.78 is 13.1. The smallest absolute Gasteiger partial charge is 0.223 e. The molecule has 2 atom stereocenters. The number of aliphatic hydroxyl groups is 2. The van der Waals surface area contributed by atoms with Crippen LogP contribution < -0.4 is 10.6 Å². The summed E-state index contributed by atoms with van der Waals surface area (Å²) >= 11 is 1.38. The Kier molecular flexibility index (Phi) is 6.18. The van der Waals surface area contributed by atoms with Gasteiger partial charge in [0.05, 0.1) is 12.7 Å². The zero-order valence-electron chi connectivity index (χ0n) is 15.3. The molecule has 1 aliphatic rings. The molecule has 0 radical (unpaired) electrons. The molecule has 0 unspecified atom stereocenters. The van der Waals surface area contributed by atoms with Crippen LogP contribution in [0.4, 0.5) is 16.2 Å². The van der Waals surface area contributed by atoms with Gasteiger partial charge in [0.1, 0.15) is 16.7 Å². The largest absolute Gasteiger partial charge is 0.396 e. The molecule has 2 aromatic rings. The van der Waals surface area contributed by atoms with E-state index in [-0.39, 0.29) is 18.4 Å². The Hall–Kier alpha value is -1.90. The topological polar surface area (TPSA) is 95.5 Å². The van der Waals surface area contributed by atoms with Gasteiger partial charge in [-0.2, -0.15) is 4.98 Å². The number of aromatic nitrogens is 2. The van der Waals surface area contributed by atoms with Crippen LogP contribution in [0.5, 0.6) is 0 Å². The van der Waals surface area contributed by atoms with E-state index in [1.165, 1.54) is 23.9 Å². The number of nitrogens with zero attached hydrogens (tertiary/aromatic N) is 3. The maximum absolute atomic E-state index is 13.1. The summed E-state index contributed by atoms with van der Waals surface area (Å²) in [4.78, 5) is 11.5. The van der Waals surface area contributed by atoms with Gasteiger partial charge in [-0.3, -0.25) is 0 Å². The summed E-state index contributed by atoms with van der Waals surface area (Å²) in [6.45, 7) is 3.11. The second-order valence-electron chi connectivity index (χ2n) is 6.98. The Bertz CT molecular complexity index is 777. The monoisotopic (exact) mass is 392 g/mol. The molecule has 6 nitrogen and oxygen atoms in total. The highest BCUT2D eigenvalue weighted by atomic mass is 32.2. The molecule has 8 heteroatoms. The van der Waals surface area contributed by atoms with Gasteiger partial charge in [0.2, 0.25) is 5.95 Å². The minimum Gasteiger partial charge on any atom is -0.396 e. The third kappa shape index (κ3) is 4.51. The van der Waals surface area contributed by atoms with Crippen LogP contribution in [0.25, 0.3) is 0 Å². The molecule has 146 valence electrons. The minimum atomic E-state index is -0.559. The first-order valence-electron chi connectivity index (χ1n) is 9.07. The quantitative estimate of drug-likeness (QED) is 0.651. The Balaban J connectivity index is 1.83. The van der Waals surface area contributed by atoms with Crippen LogP contribution in [-0.2, 0) is 0 Å². The lowest BCUT2D eigenvalue weighted by Gasteiger charge is -2.45. The van der Waals surface area contributed by atoms with Crippen molar-refractivity contribution >= 4 is 23.5 Å². The number of benzene rings is 1. The van der Waals surface area contributed by atoms with Gasteiger partial charge in [-0.25, -0.2) is 9.37 Å². The van der Waals surface area contributed by atoms with Crippen molar-refractivity contribution in [2.75, 3.05) is 30.3 Å². The molecule has 3 rings (SSSR count). The van der Waals surface area contributed by atoms with Crippen LogP contribution >= 0.6 is 11.8 Å². The fourth-order valence-corrected chi connectivity index (χ4v) is 4.41. The first-order valence-corrected chi connectivity index (χ1v) is 9.89. The molecule has 0 amide bonds. The maximum Gasteiger partial charge on any atom is 0.223 e. The van der Waals surface area contributed by atoms with Crippen molar-refractivity contribution in [1.29, 1.82) is 0 Å². The zero-order valence-corrected chi connectivity index (χ0v) is 16.1. The lowest BCUT2D eigenvalue weighted by molar-refractivity contribution is -0.0353. The van der Waals surface area contributed by atoms with Crippen LogP contribution in [0.3, 0.4) is 0 Å². The van der Waals surface area contributed by atoms with Crippen LogP contribution in [0, 0.1) is 11.2 Å². The molecule has 2 heterocycles. The number of rotatable bonds is 6. The number of halogens is 1. The van der Waals surface area contributed by atoms with Gasteiger partial charge >= 0.3 is 0 Å². The van der Waals surface area contributed by atoms with E-state index in [9.17, 15) is 14.6 Å². The van der Waals surface area contributed by atoms with Crippen molar-refractivity contribution in [3.63, 3.8) is 0 Å². The van der Waals surface area contributed by atoms with Crippen molar-refractivity contribution in [2.45, 2.75) is 42.2 Å². The molecule has 0 spiro atoms. The van der Waals surface area contributed by atoms with E-state index in [1.807, 2.05) is 17.9 Å². The van der Waals surface area contributed by atoms with Gasteiger partial charge in [0.25, 0.3) is 0 Å². The third-order valence-electron chi connectivity index (χ3n) is 5.01. The van der Waals surface area contributed by atoms with Crippen molar-refractivity contribution in [2.24, 2.45) is 5.41 Å². The molecule has 0 saturated carbocycles. The lowest BCUT2D eigenvalue weighted by atomic mass is 9.74. The Morgan fingerprint density at radius 2 is 2.07 bits per heavy atom. The van der Waals surface area contributed by atoms with Crippen molar-refractivity contribution < 1.29 is 14.6 Å². The summed E-state index contributed by atoms with van der Waals surface area (Å²) in [6, 6.07) is 8.02. The number of aliphatic hydroxyl groups excluding tert-OH is 2. The standard InChI is InChI=1S/C19H25FN4O2S/c1-2-8-19(12-25)11-24(9-7-15(19)26)16-10-17(23-18(21)22-16)27-14-5-3-13(20)4-6-14/h3-6,10,15,25-26H,2,7-9,11-12H2,1H3,(H2,21,22,23)/t15-,19+/m0/s1. The highest BCUT2D eigenvalue weighted by Gasteiger charge is 2.42. The summed E-state index contributed by atoms with van der Waals surface area (Å²) in [5.41, 5.74) is 5.35. The highest BCUT2D eigenvalue weighted by molar-refractivity contribution is 7.99. The van der Waals surface area contributed by atoms with Gasteiger partial charge in [0, 0.05) is 29.5 Å². The molecular weight excluding hydrogens is 367 g/mol. The first kappa shape index (κ1) is 19.9. The Morgan fingerprint density at radius 3 is 2.74 bits per heavy atom. The predicted molar refractivity (Wildman–Crippen MR) is 104 cm³/mol. The fourth-order valence-electron chi connectivity index (χ4n) is 3.59. The number of piperidine rings is 1. The van der Waals surface area contributed by atoms with Crippen molar-refractivity contribution in [3.8, 4) is 0 Å². The normalized spacial score (nSPS) is 22.8. The van der Waals surface area contributed by atoms with Crippen molar-refractivity contribution in [3.05, 3.63) is 36.1 Å². The van der Waals surface area contributed by atoms with E-state index >= 15 is 0 Å². The van der Waals surface area contributed by atoms with Gasteiger partial charge in [-0.15, -0.1) is 0 Å². The van der Waals surface area contributed by atoms with Gasteiger partial charge in [0.15, 0.2) is 0 Å². The average Bonchev–Trinajstić information content (AvgIpc) is 2.65. The number of nitrogens with two attached hydrogens (primary N) is 1. The third-order valence-corrected chi connectivity index (χ3v) is 5.94. The Morgan fingerprint density at radius 1 is 1.33 bits per heavy atom. The molecule has 0 aliphatic carbocycles. The predicted octanol–water partition coefficient (Wildman–Crippen LogP) is 2.70. The van der Waals surface area contributed by atoms with Crippen LogP contribution in [0.2, 0.25) is 0 Å². The van der Waals surface area contributed by atoms with E-state index in [2.05, 4.69) is 9.97 Å². The summed E-state index contributed by atoms with van der Waals surface area (Å²) in [6.07, 6.45) is 1.64. The number of nitrogen functional groups attached to an aromatic ring is 1. The molecule has 1 aliphatic heterocycles. The molecule has 1 saturated heterocycles. The van der Waals surface area contributed by atoms with E-state index in [0.29, 0.717) is 30.4 Å². The zero-order chi connectivity index (χ0) is 19.4. The van der Waals surface area contributed by atoms with Crippen LogP contribution in [0.15, 0.2) is 40.3 Å². The first-order chi connectivity index (χ1) is 13.0. The molecule has 0 bridgehead atoms. The minimum absolute atomic E-state index is 0.0732. The molecule has 1 fully saturated rings. The molecular formula is C19H25FN4O2S. The van der Waals surface area contributed by atoms with E-state index in [0.717, 1.165) is 17.7 Å². The van der Waals surface area contributed by atoms with E-state index in [4.69, 9.17) is 5.73 Å². The number of hydrogen-bond donors (Lipinski definition) is 3. The second-order valence-corrected chi connectivity index (χ2v) is 8.07. The number of hydrogen-bond acceptors (Lipinski definition) is 7.